The molecule has 2 aliphatic rings. The number of rotatable bonds is 13. The van der Waals surface area contributed by atoms with E-state index in [1.54, 1.807) is 39.8 Å². The van der Waals surface area contributed by atoms with Crippen LogP contribution in [-0.4, -0.2) is 97.0 Å². The molecule has 1 fully saturated rings. The highest BCUT2D eigenvalue weighted by atomic mass is 16.3. The van der Waals surface area contributed by atoms with Gasteiger partial charge in [-0.25, -0.2) is 0 Å². The number of H-pyrrole nitrogens is 1. The summed E-state index contributed by atoms with van der Waals surface area (Å²) in [4.78, 5) is 28.5. The number of aryl methyl sites for hydroxylation is 2. The summed E-state index contributed by atoms with van der Waals surface area (Å²) in [6.45, 7) is 14.4. The molecule has 2 amide bonds. The molecule has 2 atom stereocenters. The van der Waals surface area contributed by atoms with Gasteiger partial charge < -0.3 is 31.1 Å². The van der Waals surface area contributed by atoms with Gasteiger partial charge in [0.25, 0.3) is 11.8 Å². The van der Waals surface area contributed by atoms with E-state index < -0.39 is 16.6 Å². The number of nitriles is 1. The van der Waals surface area contributed by atoms with E-state index >= 15 is 0 Å². The molecule has 13 nitrogen and oxygen atoms in total. The standard InChI is InChI=1S/C37H49N9O4/c1-23(39-20-24(2)46-15-7-8-29(46)19-38)18-37(34-42-44-45-43-34)30-13-11-27(32(47)40-21-35(3,4)49)16-25(30)9-10-26-17-28(12-14-31(26)37)33(48)41-22-36(5,6)50/h11-14,16-17,23,29,39,49-50H,2,7-10,15,18,20-22H2,1,3-6H3,(H,40,47)(H,41,48)(H,42,43,44,45)/t23-,29?/m0/s1. The van der Waals surface area contributed by atoms with Crippen LogP contribution in [0.1, 0.15) is 103 Å². The number of likely N-dealkylation sites (tertiary alicyclic amines) is 1. The molecule has 6 N–H and O–H groups in total. The first-order valence-corrected chi connectivity index (χ1v) is 17.2. The molecule has 2 heterocycles. The molecule has 0 bridgehead atoms. The summed E-state index contributed by atoms with van der Waals surface area (Å²) in [5.41, 5.74) is 2.44. The number of carbonyl (C=O) groups is 2. The normalized spacial score (nSPS) is 17.6. The number of nitrogens with zero attached hydrogens (tertiary/aromatic N) is 5. The van der Waals surface area contributed by atoms with E-state index in [1.807, 2.05) is 24.3 Å². The Hall–Kier alpha value is -4.64. The molecule has 5 rings (SSSR count). The fourth-order valence-corrected chi connectivity index (χ4v) is 7.03. The van der Waals surface area contributed by atoms with Crippen molar-refractivity contribution in [3.8, 4) is 6.07 Å². The first-order valence-electron chi connectivity index (χ1n) is 17.2. The summed E-state index contributed by atoms with van der Waals surface area (Å²) in [5, 5.41) is 55.0. The van der Waals surface area contributed by atoms with Crippen LogP contribution in [0.15, 0.2) is 48.7 Å². The molecule has 2 aromatic carbocycles. The summed E-state index contributed by atoms with van der Waals surface area (Å²) in [7, 11) is 0. The third-order valence-corrected chi connectivity index (χ3v) is 9.48. The number of nitrogens with one attached hydrogen (secondary N) is 4. The lowest BCUT2D eigenvalue weighted by Crippen LogP contribution is -2.42. The lowest BCUT2D eigenvalue weighted by molar-refractivity contribution is 0.0694. The topological polar surface area (TPSA) is 192 Å². The van der Waals surface area contributed by atoms with Crippen molar-refractivity contribution in [2.24, 2.45) is 0 Å². The van der Waals surface area contributed by atoms with Crippen molar-refractivity contribution in [3.63, 3.8) is 0 Å². The summed E-state index contributed by atoms with van der Waals surface area (Å²) >= 11 is 0. The highest BCUT2D eigenvalue weighted by Crippen LogP contribution is 2.47. The van der Waals surface area contributed by atoms with Crippen LogP contribution in [0.25, 0.3) is 0 Å². The monoisotopic (exact) mass is 683 g/mol. The van der Waals surface area contributed by atoms with Crippen LogP contribution in [-0.2, 0) is 18.3 Å². The van der Waals surface area contributed by atoms with Crippen molar-refractivity contribution >= 4 is 11.8 Å². The Kier molecular flexibility index (Phi) is 10.8. The molecule has 13 heteroatoms. The predicted molar refractivity (Wildman–Crippen MR) is 188 cm³/mol. The van der Waals surface area contributed by atoms with Gasteiger partial charge in [0.15, 0.2) is 5.82 Å². The molecular weight excluding hydrogens is 634 g/mol. The van der Waals surface area contributed by atoms with Crippen LogP contribution in [0.2, 0.25) is 0 Å². The Morgan fingerprint density at radius 2 is 1.60 bits per heavy atom. The fourth-order valence-electron chi connectivity index (χ4n) is 7.03. The highest BCUT2D eigenvalue weighted by Gasteiger charge is 2.46. The maximum Gasteiger partial charge on any atom is 0.251 e. The van der Waals surface area contributed by atoms with Crippen molar-refractivity contribution in [1.82, 2.24) is 41.5 Å². The molecule has 50 heavy (non-hydrogen) atoms. The van der Waals surface area contributed by atoms with Crippen molar-refractivity contribution < 1.29 is 19.8 Å². The second kappa shape index (κ2) is 14.7. The minimum absolute atomic E-state index is 0.0977. The molecule has 1 aromatic heterocycles. The van der Waals surface area contributed by atoms with Crippen LogP contribution in [0.3, 0.4) is 0 Å². The van der Waals surface area contributed by atoms with E-state index in [0.29, 0.717) is 42.8 Å². The summed E-state index contributed by atoms with van der Waals surface area (Å²) < 4.78 is 0. The van der Waals surface area contributed by atoms with Gasteiger partial charge in [-0.05, 0) is 113 Å². The van der Waals surface area contributed by atoms with Crippen LogP contribution >= 0.6 is 0 Å². The Balaban J connectivity index is 1.56. The van der Waals surface area contributed by atoms with E-state index in [-0.39, 0.29) is 37.0 Å². The lowest BCUT2D eigenvalue weighted by Gasteiger charge is -2.36. The number of hydrogen-bond donors (Lipinski definition) is 6. The van der Waals surface area contributed by atoms with Crippen molar-refractivity contribution in [2.45, 2.75) is 95.4 Å². The summed E-state index contributed by atoms with van der Waals surface area (Å²) in [5.74, 6) is -0.130. The number of hydrogen-bond acceptors (Lipinski definition) is 10. The average molecular weight is 684 g/mol. The Morgan fingerprint density at radius 3 is 2.08 bits per heavy atom. The Labute approximate surface area is 293 Å². The number of fused-ring (bicyclic) bond motifs is 2. The number of tetrazole rings is 1. The number of aromatic nitrogens is 4. The first kappa shape index (κ1) is 36.6. The number of benzene rings is 2. The third kappa shape index (κ3) is 8.21. The van der Waals surface area contributed by atoms with E-state index in [2.05, 4.69) is 61.0 Å². The van der Waals surface area contributed by atoms with Crippen molar-refractivity contribution in [1.29, 1.82) is 5.26 Å². The molecule has 0 saturated carbocycles. The van der Waals surface area contributed by atoms with Crippen LogP contribution in [0, 0.1) is 11.3 Å². The maximum atomic E-state index is 13.2. The first-order chi connectivity index (χ1) is 23.6. The molecule has 0 radical (unpaired) electrons. The van der Waals surface area contributed by atoms with Gasteiger partial charge in [-0.15, -0.1) is 10.2 Å². The van der Waals surface area contributed by atoms with Crippen LogP contribution in [0.4, 0.5) is 0 Å². The van der Waals surface area contributed by atoms with Gasteiger partial charge >= 0.3 is 0 Å². The Bertz CT molecular complexity index is 1670. The number of aliphatic hydroxyl groups is 2. The molecule has 0 spiro atoms. The van der Waals surface area contributed by atoms with Crippen molar-refractivity contribution in [3.05, 3.63) is 87.9 Å². The van der Waals surface area contributed by atoms with Gasteiger partial charge in [0, 0.05) is 49.0 Å². The van der Waals surface area contributed by atoms with Crippen LogP contribution < -0.4 is 16.0 Å². The lowest BCUT2D eigenvalue weighted by atomic mass is 9.67. The second-order valence-corrected chi connectivity index (χ2v) is 14.9. The van der Waals surface area contributed by atoms with Gasteiger partial charge in [0.05, 0.1) is 22.7 Å². The molecule has 1 saturated heterocycles. The average Bonchev–Trinajstić information content (AvgIpc) is 3.77. The summed E-state index contributed by atoms with van der Waals surface area (Å²) in [6.07, 6.45) is 3.43. The largest absolute Gasteiger partial charge is 0.389 e. The van der Waals surface area contributed by atoms with E-state index in [9.17, 15) is 25.1 Å². The molecule has 1 aliphatic heterocycles. The van der Waals surface area contributed by atoms with E-state index in [4.69, 9.17) is 0 Å². The second-order valence-electron chi connectivity index (χ2n) is 14.9. The van der Waals surface area contributed by atoms with Crippen LogP contribution in [0.5, 0.6) is 0 Å². The quantitative estimate of drug-likeness (QED) is 0.156. The number of carbonyl (C=O) groups excluding carboxylic acids is 2. The highest BCUT2D eigenvalue weighted by molar-refractivity contribution is 5.95. The van der Waals surface area contributed by atoms with E-state index in [0.717, 1.165) is 47.3 Å². The minimum atomic E-state index is -1.06. The van der Waals surface area contributed by atoms with Gasteiger partial charge in [-0.2, -0.15) is 10.5 Å². The summed E-state index contributed by atoms with van der Waals surface area (Å²) in [6, 6.07) is 13.4. The minimum Gasteiger partial charge on any atom is -0.389 e. The maximum absolute atomic E-state index is 13.2. The zero-order valence-electron chi connectivity index (χ0n) is 29.6. The predicted octanol–water partition coefficient (Wildman–Crippen LogP) is 2.50. The number of aromatic amines is 1. The van der Waals surface area contributed by atoms with E-state index in [1.165, 1.54) is 0 Å². The molecule has 266 valence electrons. The molecule has 3 aromatic rings. The third-order valence-electron chi connectivity index (χ3n) is 9.48. The number of amides is 2. The SMILES string of the molecule is C=C(CN[C@@H](C)CC1(c2nn[nH]n2)c2ccc(C(=O)NCC(C)(C)O)cc2CCc2cc(C(=O)NCC(C)(C)O)ccc21)N1CCCC1C#N. The zero-order chi connectivity index (χ0) is 36.3. The van der Waals surface area contributed by atoms with Gasteiger partial charge in [0.2, 0.25) is 0 Å². The van der Waals surface area contributed by atoms with Gasteiger partial charge in [-0.1, -0.05) is 23.9 Å². The molecule has 1 aliphatic carbocycles. The Morgan fingerprint density at radius 1 is 1.04 bits per heavy atom. The van der Waals surface area contributed by atoms with Crippen molar-refractivity contribution in [2.75, 3.05) is 26.2 Å². The smallest absolute Gasteiger partial charge is 0.251 e. The fraction of sp³-hybridized carbons (Fsp3) is 0.514. The van der Waals surface area contributed by atoms with Gasteiger partial charge in [-0.3, -0.25) is 9.59 Å². The molecule has 1 unspecified atom stereocenters. The zero-order valence-corrected chi connectivity index (χ0v) is 29.6. The van der Waals surface area contributed by atoms with Gasteiger partial charge in [0.1, 0.15) is 6.04 Å². The molecular formula is C37H49N9O4.